The number of hydrogen-bond donors (Lipinski definition) is 2. The predicted octanol–water partition coefficient (Wildman–Crippen LogP) is 3.21. The van der Waals surface area contributed by atoms with Crippen molar-refractivity contribution in [1.29, 1.82) is 0 Å². The molecule has 0 spiro atoms. The van der Waals surface area contributed by atoms with Crippen LogP contribution < -0.4 is 10.9 Å². The molecule has 0 radical (unpaired) electrons. The zero-order valence-electron chi connectivity index (χ0n) is 16.4. The molecule has 28 heavy (non-hydrogen) atoms. The van der Waals surface area contributed by atoms with Crippen LogP contribution in [0, 0.1) is 6.92 Å². The van der Waals surface area contributed by atoms with Crippen LogP contribution in [0.1, 0.15) is 55.7 Å². The topological polar surface area (TPSA) is 78.1 Å². The molecule has 2 aliphatic rings. The molecule has 1 amide bonds. The molecule has 1 aliphatic carbocycles. The lowest BCUT2D eigenvalue weighted by molar-refractivity contribution is -0.137. The number of aryl methyl sites for hydroxylation is 1. The molecule has 2 fully saturated rings. The zero-order valence-corrected chi connectivity index (χ0v) is 16.4. The number of carbonyl (C=O) groups excluding carboxylic acids is 1. The third-order valence-electron chi connectivity index (χ3n) is 6.20. The highest BCUT2D eigenvalue weighted by Gasteiger charge is 2.44. The number of hydrogen-bond acceptors (Lipinski definition) is 4. The molecule has 1 aliphatic heterocycles. The maximum absolute atomic E-state index is 13.5. The maximum Gasteiger partial charge on any atom is 0.250 e. The first-order valence-corrected chi connectivity index (χ1v) is 10.2. The summed E-state index contributed by atoms with van der Waals surface area (Å²) in [6.07, 6.45) is 7.10. The first-order chi connectivity index (χ1) is 13.6. The Kier molecular flexibility index (Phi) is 5.20. The average molecular weight is 380 g/mol. The average Bonchev–Trinajstić information content (AvgIpc) is 3.19. The normalized spacial score (nSPS) is 19.5. The molecule has 0 atom stereocenters. The molecule has 6 nitrogen and oxygen atoms in total. The lowest BCUT2D eigenvalue weighted by atomic mass is 9.89. The molecular weight excluding hydrogens is 352 g/mol. The SMILES string of the molecule is Cc1ccc(NC2(C(=O)N3CCC(c4cc(=O)[nH]cn4)CC3)CCCC2)cc1. The van der Waals surface area contributed by atoms with Gasteiger partial charge >= 0.3 is 0 Å². The standard InChI is InChI=1S/C22H28N4O2/c1-16-4-6-18(7-5-16)25-22(10-2-3-11-22)21(28)26-12-8-17(9-13-26)19-14-20(27)24-15-23-19/h4-7,14-15,17,25H,2-3,8-13H2,1H3,(H,23,24,27). The second-order valence-corrected chi connectivity index (χ2v) is 8.18. The van der Waals surface area contributed by atoms with Crippen molar-refractivity contribution in [3.05, 3.63) is 58.3 Å². The minimum atomic E-state index is -0.482. The van der Waals surface area contributed by atoms with Crippen molar-refractivity contribution in [2.45, 2.75) is 56.9 Å². The van der Waals surface area contributed by atoms with Gasteiger partial charge < -0.3 is 15.2 Å². The van der Waals surface area contributed by atoms with Crippen molar-refractivity contribution < 1.29 is 4.79 Å². The second-order valence-electron chi connectivity index (χ2n) is 8.18. The van der Waals surface area contributed by atoms with Gasteiger partial charge in [0.15, 0.2) is 0 Å². The van der Waals surface area contributed by atoms with Crippen molar-refractivity contribution in [3.63, 3.8) is 0 Å². The minimum Gasteiger partial charge on any atom is -0.371 e. The van der Waals surface area contributed by atoms with Crippen molar-refractivity contribution in [1.82, 2.24) is 14.9 Å². The summed E-state index contributed by atoms with van der Waals surface area (Å²) in [7, 11) is 0. The number of aromatic amines is 1. The monoisotopic (exact) mass is 380 g/mol. The summed E-state index contributed by atoms with van der Waals surface area (Å²) in [4.78, 5) is 33.9. The van der Waals surface area contributed by atoms with E-state index >= 15 is 0 Å². The number of H-pyrrole nitrogens is 1. The van der Waals surface area contributed by atoms with Crippen LogP contribution in [-0.4, -0.2) is 39.4 Å². The van der Waals surface area contributed by atoms with Gasteiger partial charge in [0, 0.05) is 30.8 Å². The van der Waals surface area contributed by atoms with Gasteiger partial charge in [0.25, 0.3) is 5.56 Å². The number of nitrogens with zero attached hydrogens (tertiary/aromatic N) is 2. The summed E-state index contributed by atoms with van der Waals surface area (Å²) in [5.74, 6) is 0.471. The van der Waals surface area contributed by atoms with Crippen LogP contribution in [0.5, 0.6) is 0 Å². The number of likely N-dealkylation sites (tertiary alicyclic amines) is 1. The van der Waals surface area contributed by atoms with E-state index in [0.717, 1.165) is 63.0 Å². The Balaban J connectivity index is 1.45. The van der Waals surface area contributed by atoms with Crippen LogP contribution in [0.15, 0.2) is 41.5 Å². The maximum atomic E-state index is 13.5. The summed E-state index contributed by atoms with van der Waals surface area (Å²) in [5, 5.41) is 3.58. The molecular formula is C22H28N4O2. The van der Waals surface area contributed by atoms with Gasteiger partial charge in [0.05, 0.1) is 12.0 Å². The van der Waals surface area contributed by atoms with Crippen LogP contribution in [0.3, 0.4) is 0 Å². The Labute approximate surface area is 165 Å². The van der Waals surface area contributed by atoms with E-state index in [1.54, 1.807) is 6.07 Å². The molecule has 2 aromatic rings. The van der Waals surface area contributed by atoms with E-state index in [1.165, 1.54) is 11.9 Å². The minimum absolute atomic E-state index is 0.115. The quantitative estimate of drug-likeness (QED) is 0.854. The number of nitrogens with one attached hydrogen (secondary N) is 2. The predicted molar refractivity (Wildman–Crippen MR) is 109 cm³/mol. The van der Waals surface area contributed by atoms with Gasteiger partial charge in [-0.1, -0.05) is 30.5 Å². The van der Waals surface area contributed by atoms with Gasteiger partial charge in [0.1, 0.15) is 5.54 Å². The van der Waals surface area contributed by atoms with Crippen molar-refractivity contribution in [3.8, 4) is 0 Å². The van der Waals surface area contributed by atoms with Gasteiger partial charge in [-0.3, -0.25) is 9.59 Å². The highest BCUT2D eigenvalue weighted by molar-refractivity contribution is 5.90. The summed E-state index contributed by atoms with van der Waals surface area (Å²) in [6, 6.07) is 9.87. The number of rotatable bonds is 4. The zero-order chi connectivity index (χ0) is 19.6. The first-order valence-electron chi connectivity index (χ1n) is 10.2. The largest absolute Gasteiger partial charge is 0.371 e. The Bertz CT molecular complexity index is 876. The number of piperidine rings is 1. The number of benzene rings is 1. The fourth-order valence-corrected chi connectivity index (χ4v) is 4.57. The molecule has 6 heteroatoms. The van der Waals surface area contributed by atoms with Crippen LogP contribution in [0.25, 0.3) is 0 Å². The van der Waals surface area contributed by atoms with E-state index in [0.29, 0.717) is 0 Å². The molecule has 2 N–H and O–H groups in total. The molecule has 2 heterocycles. The lowest BCUT2D eigenvalue weighted by Crippen LogP contribution is -2.54. The van der Waals surface area contributed by atoms with Crippen molar-refractivity contribution in [2.75, 3.05) is 18.4 Å². The summed E-state index contributed by atoms with van der Waals surface area (Å²) in [6.45, 7) is 3.50. The molecule has 1 aromatic carbocycles. The third-order valence-corrected chi connectivity index (χ3v) is 6.20. The van der Waals surface area contributed by atoms with Gasteiger partial charge in [-0.05, 0) is 44.7 Å². The molecule has 1 saturated carbocycles. The fourth-order valence-electron chi connectivity index (χ4n) is 4.57. The molecule has 1 saturated heterocycles. The van der Waals surface area contributed by atoms with Gasteiger partial charge in [-0.2, -0.15) is 0 Å². The Morgan fingerprint density at radius 3 is 2.50 bits per heavy atom. The van der Waals surface area contributed by atoms with Crippen LogP contribution in [-0.2, 0) is 4.79 Å². The Morgan fingerprint density at radius 2 is 1.86 bits per heavy atom. The molecule has 1 aromatic heterocycles. The smallest absolute Gasteiger partial charge is 0.250 e. The number of aromatic nitrogens is 2. The number of amides is 1. The first kappa shape index (κ1) is 18.7. The van der Waals surface area contributed by atoms with E-state index in [9.17, 15) is 9.59 Å². The summed E-state index contributed by atoms with van der Waals surface area (Å²) >= 11 is 0. The summed E-state index contributed by atoms with van der Waals surface area (Å²) in [5.41, 5.74) is 2.47. The number of anilines is 1. The molecule has 0 bridgehead atoms. The molecule has 0 unspecified atom stereocenters. The molecule has 4 rings (SSSR count). The van der Waals surface area contributed by atoms with E-state index in [2.05, 4.69) is 46.5 Å². The van der Waals surface area contributed by atoms with E-state index < -0.39 is 5.54 Å². The summed E-state index contributed by atoms with van der Waals surface area (Å²) < 4.78 is 0. The number of carbonyl (C=O) groups is 1. The van der Waals surface area contributed by atoms with E-state index in [4.69, 9.17) is 0 Å². The third kappa shape index (κ3) is 3.81. The van der Waals surface area contributed by atoms with Crippen LogP contribution in [0.4, 0.5) is 5.69 Å². The fraction of sp³-hybridized carbons (Fsp3) is 0.500. The molecule has 148 valence electrons. The van der Waals surface area contributed by atoms with E-state index in [-0.39, 0.29) is 17.4 Å². The van der Waals surface area contributed by atoms with Gasteiger partial charge in [-0.25, -0.2) is 4.98 Å². The van der Waals surface area contributed by atoms with Crippen molar-refractivity contribution in [2.24, 2.45) is 0 Å². The highest BCUT2D eigenvalue weighted by Crippen LogP contribution is 2.36. The second kappa shape index (κ2) is 7.78. The van der Waals surface area contributed by atoms with E-state index in [1.807, 2.05) is 4.90 Å². The Morgan fingerprint density at radius 1 is 1.18 bits per heavy atom. The van der Waals surface area contributed by atoms with Crippen LogP contribution >= 0.6 is 0 Å². The lowest BCUT2D eigenvalue weighted by Gasteiger charge is -2.39. The van der Waals surface area contributed by atoms with Crippen molar-refractivity contribution >= 4 is 11.6 Å². The highest BCUT2D eigenvalue weighted by atomic mass is 16.2. The van der Waals surface area contributed by atoms with Gasteiger partial charge in [-0.15, -0.1) is 0 Å². The van der Waals surface area contributed by atoms with Crippen LogP contribution in [0.2, 0.25) is 0 Å². The van der Waals surface area contributed by atoms with Gasteiger partial charge in [0.2, 0.25) is 5.91 Å². The Hall–Kier alpha value is -2.63.